The van der Waals surface area contributed by atoms with Crippen LogP contribution in [0.2, 0.25) is 0 Å². The number of hydrogen-bond acceptors (Lipinski definition) is 4. The third-order valence-corrected chi connectivity index (χ3v) is 4.09. The van der Waals surface area contributed by atoms with Crippen LogP contribution in [-0.2, 0) is 9.59 Å². The molecule has 0 spiro atoms. The van der Waals surface area contributed by atoms with E-state index in [2.05, 4.69) is 10.3 Å². The van der Waals surface area contributed by atoms with Crippen LogP contribution in [0.3, 0.4) is 0 Å². The number of nitrogens with zero attached hydrogens (tertiary/aromatic N) is 1. The zero-order chi connectivity index (χ0) is 12.6. The summed E-state index contributed by atoms with van der Waals surface area (Å²) in [7, 11) is 0. The molecule has 1 aromatic heterocycles. The van der Waals surface area contributed by atoms with Gasteiger partial charge in [0.1, 0.15) is 10.4 Å². The average molecular weight is 254 g/mol. The Balaban J connectivity index is 2.02. The van der Waals surface area contributed by atoms with Crippen molar-refractivity contribution in [3.63, 3.8) is 0 Å². The van der Waals surface area contributed by atoms with Gasteiger partial charge in [-0.15, -0.1) is 11.3 Å². The van der Waals surface area contributed by atoms with Gasteiger partial charge in [-0.25, -0.2) is 4.98 Å². The van der Waals surface area contributed by atoms with Gasteiger partial charge in [0, 0.05) is 11.1 Å². The van der Waals surface area contributed by atoms with E-state index in [1.807, 2.05) is 19.2 Å². The molecule has 0 aliphatic heterocycles. The quantitative estimate of drug-likeness (QED) is 0.798. The Morgan fingerprint density at radius 3 is 2.65 bits per heavy atom. The second-order valence-corrected chi connectivity index (χ2v) is 5.30. The van der Waals surface area contributed by atoms with Gasteiger partial charge in [0.25, 0.3) is 0 Å². The number of carbonyl (C=O) groups is 2. The summed E-state index contributed by atoms with van der Waals surface area (Å²) in [4.78, 5) is 27.1. The normalized spacial score (nSPS) is 18.5. The summed E-state index contributed by atoms with van der Waals surface area (Å²) < 4.78 is 0. The van der Waals surface area contributed by atoms with Gasteiger partial charge in [-0.1, -0.05) is 0 Å². The van der Waals surface area contributed by atoms with Crippen LogP contribution in [0.5, 0.6) is 0 Å². The molecular formula is C11H14N2O3S. The van der Waals surface area contributed by atoms with Crippen molar-refractivity contribution in [2.45, 2.75) is 32.7 Å². The van der Waals surface area contributed by atoms with E-state index in [1.165, 1.54) is 11.3 Å². The van der Waals surface area contributed by atoms with E-state index in [1.54, 1.807) is 0 Å². The molecule has 1 heterocycles. The van der Waals surface area contributed by atoms with Crippen LogP contribution in [0.4, 0.5) is 0 Å². The van der Waals surface area contributed by atoms with Crippen molar-refractivity contribution in [1.82, 2.24) is 10.3 Å². The summed E-state index contributed by atoms with van der Waals surface area (Å²) in [6.45, 7) is 3.70. The fourth-order valence-electron chi connectivity index (χ4n) is 1.63. The van der Waals surface area contributed by atoms with Gasteiger partial charge in [-0.2, -0.15) is 0 Å². The van der Waals surface area contributed by atoms with E-state index in [9.17, 15) is 9.59 Å². The molecule has 0 bridgehead atoms. The smallest absolute Gasteiger partial charge is 0.319 e. The molecule has 0 radical (unpaired) electrons. The van der Waals surface area contributed by atoms with E-state index in [4.69, 9.17) is 5.11 Å². The Morgan fingerprint density at radius 1 is 1.59 bits per heavy atom. The number of carbonyl (C=O) groups excluding carboxylic acids is 1. The molecule has 1 fully saturated rings. The van der Waals surface area contributed by atoms with Crippen LogP contribution in [0.15, 0.2) is 5.38 Å². The first-order valence-corrected chi connectivity index (χ1v) is 6.30. The second kappa shape index (κ2) is 4.10. The van der Waals surface area contributed by atoms with Crippen LogP contribution in [0.25, 0.3) is 0 Å². The summed E-state index contributed by atoms with van der Waals surface area (Å²) >= 11 is 1.47. The highest BCUT2D eigenvalue weighted by Gasteiger charge is 2.57. The number of aryl methyl sites for hydroxylation is 1. The fraction of sp³-hybridized carbons (Fsp3) is 0.545. The molecule has 1 unspecified atom stereocenters. The topological polar surface area (TPSA) is 79.3 Å². The van der Waals surface area contributed by atoms with Gasteiger partial charge >= 0.3 is 5.97 Å². The van der Waals surface area contributed by atoms with E-state index in [0.717, 1.165) is 10.7 Å². The lowest BCUT2D eigenvalue weighted by molar-refractivity contribution is -0.149. The first kappa shape index (κ1) is 12.0. The van der Waals surface area contributed by atoms with Crippen molar-refractivity contribution in [3.05, 3.63) is 16.1 Å². The summed E-state index contributed by atoms with van der Waals surface area (Å²) in [5.74, 6) is -1.43. The Kier molecular flexibility index (Phi) is 2.91. The van der Waals surface area contributed by atoms with Crippen LogP contribution < -0.4 is 5.32 Å². The molecule has 17 heavy (non-hydrogen) atoms. The van der Waals surface area contributed by atoms with Crippen LogP contribution in [0, 0.1) is 12.3 Å². The predicted octanol–water partition coefficient (Wildman–Crippen LogP) is 1.49. The molecule has 0 aromatic carbocycles. The second-order valence-electron chi connectivity index (χ2n) is 4.41. The average Bonchev–Trinajstić information content (AvgIpc) is 2.96. The summed E-state index contributed by atoms with van der Waals surface area (Å²) in [5, 5.41) is 14.4. The third kappa shape index (κ3) is 2.17. The Hall–Kier alpha value is -1.43. The standard InChI is InChI=1S/C11H14N2O3S/c1-6-5-17-8(12-6)7(2)13-9(14)11(3-4-11)10(15)16/h5,7H,3-4H2,1-2H3,(H,13,14)(H,15,16). The van der Waals surface area contributed by atoms with E-state index in [-0.39, 0.29) is 6.04 Å². The summed E-state index contributed by atoms with van der Waals surface area (Å²) in [6.07, 6.45) is 0.857. The SMILES string of the molecule is Cc1csc(C(C)NC(=O)C2(C(=O)O)CC2)n1. The number of carboxylic acid groups (broad SMARTS) is 1. The molecule has 2 N–H and O–H groups in total. The van der Waals surface area contributed by atoms with Crippen molar-refractivity contribution < 1.29 is 14.7 Å². The molecule has 2 rings (SSSR count). The number of aliphatic carboxylic acids is 1. The minimum Gasteiger partial charge on any atom is -0.480 e. The molecule has 1 saturated carbocycles. The molecule has 92 valence electrons. The van der Waals surface area contributed by atoms with Gasteiger partial charge < -0.3 is 10.4 Å². The molecule has 1 aliphatic carbocycles. The lowest BCUT2D eigenvalue weighted by atomic mass is 10.1. The van der Waals surface area contributed by atoms with Gasteiger partial charge in [-0.3, -0.25) is 9.59 Å². The van der Waals surface area contributed by atoms with Crippen LogP contribution in [-0.4, -0.2) is 22.0 Å². The Bertz CT molecular complexity index is 465. The highest BCUT2D eigenvalue weighted by Crippen LogP contribution is 2.46. The van der Waals surface area contributed by atoms with E-state index in [0.29, 0.717) is 12.8 Å². The van der Waals surface area contributed by atoms with E-state index >= 15 is 0 Å². The zero-order valence-electron chi connectivity index (χ0n) is 9.69. The molecule has 0 saturated heterocycles. The number of nitrogens with one attached hydrogen (secondary N) is 1. The molecule has 1 aromatic rings. The highest BCUT2D eigenvalue weighted by atomic mass is 32.1. The molecule has 5 nitrogen and oxygen atoms in total. The maximum atomic E-state index is 11.8. The van der Waals surface area contributed by atoms with Crippen molar-refractivity contribution in [3.8, 4) is 0 Å². The fourth-order valence-corrected chi connectivity index (χ4v) is 2.43. The van der Waals surface area contributed by atoms with Crippen molar-refractivity contribution >= 4 is 23.2 Å². The highest BCUT2D eigenvalue weighted by molar-refractivity contribution is 7.09. The van der Waals surface area contributed by atoms with Crippen molar-refractivity contribution in [2.24, 2.45) is 5.41 Å². The third-order valence-electron chi connectivity index (χ3n) is 2.95. The molecular weight excluding hydrogens is 240 g/mol. The molecule has 1 aliphatic rings. The van der Waals surface area contributed by atoms with Crippen molar-refractivity contribution in [1.29, 1.82) is 0 Å². The van der Waals surface area contributed by atoms with Gasteiger partial charge in [0.2, 0.25) is 5.91 Å². The maximum absolute atomic E-state index is 11.8. The summed E-state index contributed by atoms with van der Waals surface area (Å²) in [5.41, 5.74) is -0.272. The minimum absolute atomic E-state index is 0.238. The number of amides is 1. The monoisotopic (exact) mass is 254 g/mol. The molecule has 6 heteroatoms. The maximum Gasteiger partial charge on any atom is 0.319 e. The summed E-state index contributed by atoms with van der Waals surface area (Å²) in [6, 6.07) is -0.238. The number of hydrogen-bond donors (Lipinski definition) is 2. The molecule has 1 amide bonds. The molecule has 1 atom stereocenters. The van der Waals surface area contributed by atoms with Crippen LogP contribution in [0.1, 0.15) is 36.5 Å². The van der Waals surface area contributed by atoms with Gasteiger partial charge in [-0.05, 0) is 26.7 Å². The zero-order valence-corrected chi connectivity index (χ0v) is 10.5. The van der Waals surface area contributed by atoms with Crippen LogP contribution >= 0.6 is 11.3 Å². The minimum atomic E-state index is -1.18. The van der Waals surface area contributed by atoms with Gasteiger partial charge in [0.15, 0.2) is 0 Å². The first-order chi connectivity index (χ1) is 7.95. The Morgan fingerprint density at radius 2 is 2.24 bits per heavy atom. The largest absolute Gasteiger partial charge is 0.480 e. The Labute approximate surface area is 103 Å². The van der Waals surface area contributed by atoms with Crippen molar-refractivity contribution in [2.75, 3.05) is 0 Å². The predicted molar refractivity (Wildman–Crippen MR) is 62.7 cm³/mol. The first-order valence-electron chi connectivity index (χ1n) is 5.42. The lowest BCUT2D eigenvalue weighted by Crippen LogP contribution is -2.38. The number of thiazole rings is 1. The number of carboxylic acids is 1. The van der Waals surface area contributed by atoms with Gasteiger partial charge in [0.05, 0.1) is 6.04 Å². The lowest BCUT2D eigenvalue weighted by Gasteiger charge is -2.15. The number of rotatable bonds is 4. The van der Waals surface area contributed by atoms with E-state index < -0.39 is 17.3 Å². The number of aromatic nitrogens is 1.